The summed E-state index contributed by atoms with van der Waals surface area (Å²) in [6, 6.07) is 3.52. The summed E-state index contributed by atoms with van der Waals surface area (Å²) < 4.78 is 25.9. The SMILES string of the molecule is CCCS(=O)(=O)Nc1c(C)cc(N)cc1C. The third-order valence-corrected chi connectivity index (χ3v) is 3.75. The van der Waals surface area contributed by atoms with Crippen LogP contribution in [-0.4, -0.2) is 14.2 Å². The van der Waals surface area contributed by atoms with Crippen LogP contribution in [0.15, 0.2) is 12.1 Å². The fraction of sp³-hybridized carbons (Fsp3) is 0.455. The molecule has 0 aliphatic rings. The molecule has 1 aromatic carbocycles. The highest BCUT2D eigenvalue weighted by Crippen LogP contribution is 2.24. The molecule has 0 aliphatic carbocycles. The minimum Gasteiger partial charge on any atom is -0.399 e. The quantitative estimate of drug-likeness (QED) is 0.794. The number of benzene rings is 1. The standard InChI is InChI=1S/C11H18N2O2S/c1-4-5-16(14,15)13-11-8(2)6-10(12)7-9(11)3/h6-7,13H,4-5,12H2,1-3H3. The summed E-state index contributed by atoms with van der Waals surface area (Å²) in [6.07, 6.45) is 0.600. The van der Waals surface area contributed by atoms with Crippen molar-refractivity contribution in [1.29, 1.82) is 0 Å². The van der Waals surface area contributed by atoms with Crippen LogP contribution < -0.4 is 10.5 Å². The molecule has 1 aromatic rings. The molecular formula is C11H18N2O2S. The molecule has 0 unspecified atom stereocenters. The highest BCUT2D eigenvalue weighted by Gasteiger charge is 2.12. The molecule has 0 spiro atoms. The van der Waals surface area contributed by atoms with Crippen LogP contribution in [0.2, 0.25) is 0 Å². The molecule has 3 N–H and O–H groups in total. The predicted octanol–water partition coefficient (Wildman–Crippen LogP) is 2.04. The fourth-order valence-electron chi connectivity index (χ4n) is 1.63. The maximum absolute atomic E-state index is 11.6. The lowest BCUT2D eigenvalue weighted by molar-refractivity contribution is 0.600. The van der Waals surface area contributed by atoms with E-state index < -0.39 is 10.0 Å². The van der Waals surface area contributed by atoms with Gasteiger partial charge in [-0.25, -0.2) is 8.42 Å². The summed E-state index contributed by atoms with van der Waals surface area (Å²) in [5.74, 6) is 0.135. The van der Waals surface area contributed by atoms with E-state index in [0.717, 1.165) is 11.1 Å². The van der Waals surface area contributed by atoms with E-state index in [9.17, 15) is 8.42 Å². The van der Waals surface area contributed by atoms with Crippen molar-refractivity contribution in [3.63, 3.8) is 0 Å². The van der Waals surface area contributed by atoms with E-state index in [1.807, 2.05) is 20.8 Å². The molecule has 4 nitrogen and oxygen atoms in total. The van der Waals surface area contributed by atoms with Gasteiger partial charge in [0.2, 0.25) is 10.0 Å². The van der Waals surface area contributed by atoms with Crippen LogP contribution in [0.3, 0.4) is 0 Å². The monoisotopic (exact) mass is 242 g/mol. The molecule has 0 heterocycles. The number of nitrogen functional groups attached to an aromatic ring is 1. The molecule has 5 heteroatoms. The zero-order valence-electron chi connectivity index (χ0n) is 9.87. The van der Waals surface area contributed by atoms with Gasteiger partial charge in [-0.3, -0.25) is 4.72 Å². The number of hydrogen-bond donors (Lipinski definition) is 2. The molecule has 0 saturated heterocycles. The Morgan fingerprint density at radius 3 is 2.19 bits per heavy atom. The Kier molecular flexibility index (Phi) is 3.80. The lowest BCUT2D eigenvalue weighted by Gasteiger charge is -2.13. The van der Waals surface area contributed by atoms with Crippen LogP contribution in [0.25, 0.3) is 0 Å². The van der Waals surface area contributed by atoms with Crippen molar-refractivity contribution in [3.05, 3.63) is 23.3 Å². The average molecular weight is 242 g/mol. The van der Waals surface area contributed by atoms with Crippen LogP contribution >= 0.6 is 0 Å². The van der Waals surface area contributed by atoms with Crippen molar-refractivity contribution < 1.29 is 8.42 Å². The van der Waals surface area contributed by atoms with Crippen molar-refractivity contribution in [1.82, 2.24) is 0 Å². The van der Waals surface area contributed by atoms with E-state index in [2.05, 4.69) is 4.72 Å². The van der Waals surface area contributed by atoms with Gasteiger partial charge in [-0.1, -0.05) is 6.92 Å². The number of nitrogens with two attached hydrogens (primary N) is 1. The zero-order valence-corrected chi connectivity index (χ0v) is 10.7. The topological polar surface area (TPSA) is 72.2 Å². The van der Waals surface area contributed by atoms with Crippen LogP contribution in [0, 0.1) is 13.8 Å². The molecule has 0 radical (unpaired) electrons. The predicted molar refractivity (Wildman–Crippen MR) is 68.0 cm³/mol. The fourth-order valence-corrected chi connectivity index (χ4v) is 2.91. The highest BCUT2D eigenvalue weighted by atomic mass is 32.2. The first-order valence-corrected chi connectivity index (χ1v) is 6.88. The first-order valence-electron chi connectivity index (χ1n) is 5.23. The Labute approximate surface area is 96.9 Å². The summed E-state index contributed by atoms with van der Waals surface area (Å²) >= 11 is 0. The molecule has 1 rings (SSSR count). The molecule has 0 aromatic heterocycles. The Hall–Kier alpha value is -1.23. The molecular weight excluding hydrogens is 224 g/mol. The molecule has 90 valence electrons. The highest BCUT2D eigenvalue weighted by molar-refractivity contribution is 7.92. The average Bonchev–Trinajstić information content (AvgIpc) is 2.11. The Balaban J connectivity index is 3.07. The molecule has 16 heavy (non-hydrogen) atoms. The van der Waals surface area contributed by atoms with E-state index in [1.54, 1.807) is 12.1 Å². The Morgan fingerprint density at radius 1 is 1.25 bits per heavy atom. The van der Waals surface area contributed by atoms with E-state index >= 15 is 0 Å². The smallest absolute Gasteiger partial charge is 0.232 e. The van der Waals surface area contributed by atoms with Gasteiger partial charge in [0.15, 0.2) is 0 Å². The van der Waals surface area contributed by atoms with Gasteiger partial charge in [-0.2, -0.15) is 0 Å². The van der Waals surface area contributed by atoms with Gasteiger partial charge in [0, 0.05) is 5.69 Å². The van der Waals surface area contributed by atoms with Gasteiger partial charge in [0.05, 0.1) is 11.4 Å². The maximum Gasteiger partial charge on any atom is 0.232 e. The second-order valence-corrected chi connectivity index (χ2v) is 5.79. The number of rotatable bonds is 4. The Bertz CT molecular complexity index is 458. The van der Waals surface area contributed by atoms with Crippen LogP contribution in [0.1, 0.15) is 24.5 Å². The molecule has 0 saturated carbocycles. The van der Waals surface area contributed by atoms with Gasteiger partial charge in [0.25, 0.3) is 0 Å². The number of anilines is 2. The van der Waals surface area contributed by atoms with E-state index in [4.69, 9.17) is 5.73 Å². The number of aryl methyl sites for hydroxylation is 2. The van der Waals surface area contributed by atoms with E-state index in [-0.39, 0.29) is 5.75 Å². The second-order valence-electron chi connectivity index (χ2n) is 3.95. The summed E-state index contributed by atoms with van der Waals surface area (Å²) in [7, 11) is -3.23. The lowest BCUT2D eigenvalue weighted by atomic mass is 10.1. The third-order valence-electron chi connectivity index (χ3n) is 2.29. The van der Waals surface area contributed by atoms with Crippen molar-refractivity contribution in [2.45, 2.75) is 27.2 Å². The second kappa shape index (κ2) is 4.74. The van der Waals surface area contributed by atoms with Crippen molar-refractivity contribution in [3.8, 4) is 0 Å². The first-order chi connectivity index (χ1) is 7.35. The van der Waals surface area contributed by atoms with Gasteiger partial charge in [-0.05, 0) is 43.5 Å². The number of hydrogen-bond acceptors (Lipinski definition) is 3. The normalized spacial score (nSPS) is 11.4. The molecule has 0 amide bonds. The summed E-state index contributed by atoms with van der Waals surface area (Å²) in [6.45, 7) is 5.52. The van der Waals surface area contributed by atoms with Crippen molar-refractivity contribution in [2.24, 2.45) is 0 Å². The minimum absolute atomic E-state index is 0.135. The summed E-state index contributed by atoms with van der Waals surface area (Å²) in [4.78, 5) is 0. The number of sulfonamides is 1. The molecule has 0 bridgehead atoms. The van der Waals surface area contributed by atoms with Crippen LogP contribution in [-0.2, 0) is 10.0 Å². The van der Waals surface area contributed by atoms with Crippen LogP contribution in [0.5, 0.6) is 0 Å². The van der Waals surface area contributed by atoms with Gasteiger partial charge < -0.3 is 5.73 Å². The summed E-state index contributed by atoms with van der Waals surface area (Å²) in [5, 5.41) is 0. The van der Waals surface area contributed by atoms with Crippen molar-refractivity contribution in [2.75, 3.05) is 16.2 Å². The van der Waals surface area contributed by atoms with E-state index in [1.165, 1.54) is 0 Å². The molecule has 0 fully saturated rings. The Morgan fingerprint density at radius 2 is 1.75 bits per heavy atom. The molecule has 0 aliphatic heterocycles. The van der Waals surface area contributed by atoms with Gasteiger partial charge >= 0.3 is 0 Å². The largest absolute Gasteiger partial charge is 0.399 e. The van der Waals surface area contributed by atoms with Gasteiger partial charge in [0.1, 0.15) is 0 Å². The lowest BCUT2D eigenvalue weighted by Crippen LogP contribution is -2.17. The van der Waals surface area contributed by atoms with Crippen LogP contribution in [0.4, 0.5) is 11.4 Å². The van der Waals surface area contributed by atoms with E-state index in [0.29, 0.717) is 17.8 Å². The van der Waals surface area contributed by atoms with Gasteiger partial charge in [-0.15, -0.1) is 0 Å². The zero-order chi connectivity index (χ0) is 12.3. The molecule has 0 atom stereocenters. The maximum atomic E-state index is 11.6. The number of nitrogens with one attached hydrogen (secondary N) is 1. The first kappa shape index (κ1) is 12.8. The minimum atomic E-state index is -3.23. The third kappa shape index (κ3) is 3.13. The van der Waals surface area contributed by atoms with Crippen molar-refractivity contribution >= 4 is 21.4 Å². The summed E-state index contributed by atoms with van der Waals surface area (Å²) in [5.41, 5.74) is 8.65.